The molecule has 6 nitrogen and oxygen atoms in total. The summed E-state index contributed by atoms with van der Waals surface area (Å²) in [5.41, 5.74) is -1.53. The molecule has 98 valence electrons. The Balaban J connectivity index is 3.08. The van der Waals surface area contributed by atoms with Crippen molar-refractivity contribution >= 4 is 11.7 Å². The van der Waals surface area contributed by atoms with Crippen LogP contribution in [0.15, 0.2) is 18.2 Å². The topological polar surface area (TPSA) is 89.7 Å². The third kappa shape index (κ3) is 3.09. The third-order valence-corrected chi connectivity index (χ3v) is 1.84. The molecule has 0 heterocycles. The molecule has 0 aromatic heterocycles. The summed E-state index contributed by atoms with van der Waals surface area (Å²) in [6.45, 7) is 0. The molecule has 0 aliphatic rings. The molecule has 0 spiro atoms. The maximum absolute atomic E-state index is 12.5. The van der Waals surface area contributed by atoms with Crippen LogP contribution in [-0.4, -0.2) is 28.8 Å². The first kappa shape index (κ1) is 13.7. The highest BCUT2D eigenvalue weighted by molar-refractivity contribution is 5.92. The van der Waals surface area contributed by atoms with Crippen LogP contribution in [0.25, 0.3) is 0 Å². The van der Waals surface area contributed by atoms with Crippen LogP contribution in [0.2, 0.25) is 0 Å². The summed E-state index contributed by atoms with van der Waals surface area (Å²) < 4.78 is 40.4. The molecule has 1 N–H and O–H groups in total. The van der Waals surface area contributed by atoms with Gasteiger partial charge in [0.1, 0.15) is 11.3 Å². The Morgan fingerprint density at radius 1 is 1.39 bits per heavy atom. The molecule has 1 unspecified atom stereocenters. The van der Waals surface area contributed by atoms with Crippen LogP contribution in [0.3, 0.4) is 0 Å². The second-order valence-electron chi connectivity index (χ2n) is 3.04. The predicted molar refractivity (Wildman–Crippen MR) is 51.6 cm³/mol. The van der Waals surface area contributed by atoms with Crippen molar-refractivity contribution in [3.8, 4) is 5.75 Å². The smallest absolute Gasteiger partial charge is 0.342 e. The molecule has 1 aromatic carbocycles. The zero-order valence-electron chi connectivity index (χ0n) is 8.55. The number of benzene rings is 1. The molecule has 0 saturated carbocycles. The normalized spacial score (nSPS) is 12.2. The average molecular weight is 265 g/mol. The number of alkyl halides is 3. The number of rotatable bonds is 5. The quantitative estimate of drug-likeness (QED) is 0.651. The van der Waals surface area contributed by atoms with Crippen LogP contribution in [0.1, 0.15) is 10.4 Å². The lowest BCUT2D eigenvalue weighted by molar-refractivity contribution is -0.385. The minimum Gasteiger partial charge on any atom is -0.477 e. The van der Waals surface area contributed by atoms with E-state index in [0.29, 0.717) is 6.07 Å². The monoisotopic (exact) mass is 265 g/mol. The first-order valence-electron chi connectivity index (χ1n) is 4.43. The zero-order chi connectivity index (χ0) is 13.9. The van der Waals surface area contributed by atoms with E-state index in [1.54, 1.807) is 0 Å². The molecule has 18 heavy (non-hydrogen) atoms. The molecule has 0 amide bonds. The highest BCUT2D eigenvalue weighted by Gasteiger charge is 2.24. The summed E-state index contributed by atoms with van der Waals surface area (Å²) in [7, 11) is 0. The van der Waals surface area contributed by atoms with Gasteiger partial charge >= 0.3 is 12.4 Å². The van der Waals surface area contributed by atoms with Gasteiger partial charge in [0, 0.05) is 12.1 Å². The van der Waals surface area contributed by atoms with Gasteiger partial charge in [-0.05, 0) is 6.07 Å². The largest absolute Gasteiger partial charge is 0.477 e. The number of carbonyl (C=O) groups is 1. The molecule has 1 aromatic rings. The van der Waals surface area contributed by atoms with Gasteiger partial charge in [-0.25, -0.2) is 13.6 Å². The van der Waals surface area contributed by atoms with Gasteiger partial charge in [-0.2, -0.15) is 4.39 Å². The second kappa shape index (κ2) is 5.34. The lowest BCUT2D eigenvalue weighted by Crippen LogP contribution is -2.19. The minimum absolute atomic E-state index is 0.536. The van der Waals surface area contributed by atoms with Crippen LogP contribution in [0, 0.1) is 10.1 Å². The van der Waals surface area contributed by atoms with Crippen molar-refractivity contribution in [3.63, 3.8) is 0 Å². The summed E-state index contributed by atoms with van der Waals surface area (Å²) in [6.07, 6.45) is -6.35. The van der Waals surface area contributed by atoms with Crippen LogP contribution < -0.4 is 4.74 Å². The van der Waals surface area contributed by atoms with Gasteiger partial charge < -0.3 is 9.84 Å². The van der Waals surface area contributed by atoms with E-state index in [-0.39, 0.29) is 0 Å². The van der Waals surface area contributed by atoms with E-state index >= 15 is 0 Å². The van der Waals surface area contributed by atoms with Crippen molar-refractivity contribution < 1.29 is 32.7 Å². The minimum atomic E-state index is -3.41. The summed E-state index contributed by atoms with van der Waals surface area (Å²) >= 11 is 0. The molecule has 0 aliphatic carbocycles. The molecule has 0 saturated heterocycles. The number of ether oxygens (including phenoxy) is 1. The molecular weight excluding hydrogens is 259 g/mol. The second-order valence-corrected chi connectivity index (χ2v) is 3.04. The number of hydrogen-bond donors (Lipinski definition) is 1. The fraction of sp³-hybridized carbons (Fsp3) is 0.222. The summed E-state index contributed by atoms with van der Waals surface area (Å²) in [5, 5.41) is 19.2. The molecule has 1 atom stereocenters. The van der Waals surface area contributed by atoms with Crippen LogP contribution in [-0.2, 0) is 0 Å². The maximum atomic E-state index is 12.5. The lowest BCUT2D eigenvalue weighted by Gasteiger charge is -2.10. The van der Waals surface area contributed by atoms with Crippen LogP contribution in [0.5, 0.6) is 5.75 Å². The van der Waals surface area contributed by atoms with Gasteiger partial charge in [0.05, 0.1) is 4.92 Å². The SMILES string of the molecule is O=C(O)c1cc(OC(F)C(F)F)ccc1[N+](=O)[O-]. The Morgan fingerprint density at radius 3 is 2.44 bits per heavy atom. The number of halogens is 3. The van der Waals surface area contributed by atoms with E-state index in [1.165, 1.54) is 0 Å². The molecule has 1 rings (SSSR count). The Kier molecular flexibility index (Phi) is 4.08. The van der Waals surface area contributed by atoms with Crippen molar-refractivity contribution in [2.75, 3.05) is 0 Å². The van der Waals surface area contributed by atoms with Gasteiger partial charge in [-0.1, -0.05) is 0 Å². The summed E-state index contributed by atoms with van der Waals surface area (Å²) in [5.74, 6) is -2.19. The van der Waals surface area contributed by atoms with Crippen LogP contribution in [0.4, 0.5) is 18.9 Å². The van der Waals surface area contributed by atoms with Gasteiger partial charge in [-0.15, -0.1) is 0 Å². The molecule has 9 heteroatoms. The Hall–Kier alpha value is -2.32. The fourth-order valence-electron chi connectivity index (χ4n) is 1.10. The van der Waals surface area contributed by atoms with E-state index in [2.05, 4.69) is 4.74 Å². The molecular formula is C9H6F3NO5. The number of aromatic carboxylic acids is 1. The highest BCUT2D eigenvalue weighted by Crippen LogP contribution is 2.25. The molecule has 0 aliphatic heterocycles. The van der Waals surface area contributed by atoms with E-state index in [0.717, 1.165) is 12.1 Å². The first-order valence-corrected chi connectivity index (χ1v) is 4.43. The van der Waals surface area contributed by atoms with Crippen molar-refractivity contribution in [3.05, 3.63) is 33.9 Å². The number of hydrogen-bond acceptors (Lipinski definition) is 4. The zero-order valence-corrected chi connectivity index (χ0v) is 8.55. The summed E-state index contributed by atoms with van der Waals surface area (Å²) in [6, 6.07) is 2.17. The Bertz CT molecular complexity index is 479. The van der Waals surface area contributed by atoms with Gasteiger partial charge in [0.25, 0.3) is 12.0 Å². The lowest BCUT2D eigenvalue weighted by atomic mass is 10.1. The van der Waals surface area contributed by atoms with Crippen molar-refractivity contribution in [2.45, 2.75) is 12.8 Å². The molecule has 0 radical (unpaired) electrons. The number of nitrogens with zero attached hydrogens (tertiary/aromatic N) is 1. The Labute approximate surface area is 97.7 Å². The highest BCUT2D eigenvalue weighted by atomic mass is 19.3. The summed E-state index contributed by atoms with van der Waals surface area (Å²) in [4.78, 5) is 20.2. The van der Waals surface area contributed by atoms with Crippen molar-refractivity contribution in [2.24, 2.45) is 0 Å². The molecule has 0 bridgehead atoms. The standard InChI is InChI=1S/C9H6F3NO5/c10-7(11)8(12)18-4-1-2-6(13(16)17)5(3-4)9(14)15/h1-3,7-8H,(H,14,15). The Morgan fingerprint density at radius 2 is 2.00 bits per heavy atom. The van der Waals surface area contributed by atoms with Crippen molar-refractivity contribution in [1.82, 2.24) is 0 Å². The molecule has 0 fully saturated rings. The van der Waals surface area contributed by atoms with E-state index in [4.69, 9.17) is 5.11 Å². The maximum Gasteiger partial charge on any atom is 0.342 e. The number of carboxylic acids is 1. The van der Waals surface area contributed by atoms with E-state index < -0.39 is 40.7 Å². The number of nitro groups is 1. The van der Waals surface area contributed by atoms with Crippen LogP contribution >= 0.6 is 0 Å². The number of nitro benzene ring substituents is 1. The van der Waals surface area contributed by atoms with Gasteiger partial charge in [-0.3, -0.25) is 10.1 Å². The third-order valence-electron chi connectivity index (χ3n) is 1.84. The van der Waals surface area contributed by atoms with Gasteiger partial charge in [0.2, 0.25) is 0 Å². The average Bonchev–Trinajstić information content (AvgIpc) is 2.28. The fourth-order valence-corrected chi connectivity index (χ4v) is 1.10. The van der Waals surface area contributed by atoms with Gasteiger partial charge in [0.15, 0.2) is 0 Å². The van der Waals surface area contributed by atoms with Crippen molar-refractivity contribution in [1.29, 1.82) is 0 Å². The number of carboxylic acid groups (broad SMARTS) is 1. The van der Waals surface area contributed by atoms with E-state index in [9.17, 15) is 28.1 Å². The first-order chi connectivity index (χ1) is 8.32. The predicted octanol–water partition coefficient (Wildman–Crippen LogP) is 2.23. The van der Waals surface area contributed by atoms with E-state index in [1.807, 2.05) is 0 Å².